The first-order valence-electron chi connectivity index (χ1n) is 6.80. The number of imidazole rings is 1. The summed E-state index contributed by atoms with van der Waals surface area (Å²) in [6, 6.07) is 0.0160. The van der Waals surface area contributed by atoms with E-state index in [1.54, 1.807) is 4.90 Å². The summed E-state index contributed by atoms with van der Waals surface area (Å²) in [5.74, 6) is 0.873. The van der Waals surface area contributed by atoms with E-state index in [4.69, 9.17) is 4.74 Å². The molecule has 1 aromatic rings. The van der Waals surface area contributed by atoms with Gasteiger partial charge in [0, 0.05) is 12.2 Å². The molecule has 1 N–H and O–H groups in total. The highest BCUT2D eigenvalue weighted by molar-refractivity contribution is 5.69. The number of aromatic nitrogens is 2. The molecule has 0 bridgehead atoms. The van der Waals surface area contributed by atoms with Crippen LogP contribution in [0.4, 0.5) is 4.79 Å². The van der Waals surface area contributed by atoms with Gasteiger partial charge in [0.1, 0.15) is 11.4 Å². The van der Waals surface area contributed by atoms with Gasteiger partial charge in [0.15, 0.2) is 0 Å². The quantitative estimate of drug-likeness (QED) is 0.848. The normalized spacial score (nSPS) is 19.8. The van der Waals surface area contributed by atoms with Crippen LogP contribution in [0.2, 0.25) is 0 Å². The molecule has 1 amide bonds. The summed E-state index contributed by atoms with van der Waals surface area (Å²) in [5, 5.41) is 0. The average Bonchev–Trinajstić information content (AvgIpc) is 2.83. The van der Waals surface area contributed by atoms with Crippen LogP contribution in [-0.4, -0.2) is 33.1 Å². The van der Waals surface area contributed by atoms with Crippen molar-refractivity contribution in [3.63, 3.8) is 0 Å². The first-order valence-corrected chi connectivity index (χ1v) is 6.80. The van der Waals surface area contributed by atoms with Crippen LogP contribution in [0.15, 0.2) is 0 Å². The molecule has 1 unspecified atom stereocenters. The van der Waals surface area contributed by atoms with Crippen molar-refractivity contribution < 1.29 is 9.53 Å². The number of carbonyl (C=O) groups excluding carboxylic acids is 1. The highest BCUT2D eigenvalue weighted by Crippen LogP contribution is 2.31. The van der Waals surface area contributed by atoms with Crippen molar-refractivity contribution in [1.29, 1.82) is 0 Å². The Kier molecular flexibility index (Phi) is 3.56. The van der Waals surface area contributed by atoms with Gasteiger partial charge in [-0.25, -0.2) is 9.78 Å². The molecule has 1 saturated heterocycles. The Morgan fingerprint density at radius 3 is 2.63 bits per heavy atom. The minimum atomic E-state index is -0.459. The van der Waals surface area contributed by atoms with Crippen molar-refractivity contribution in [3.8, 4) is 0 Å². The van der Waals surface area contributed by atoms with Crippen molar-refractivity contribution in [2.24, 2.45) is 0 Å². The van der Waals surface area contributed by atoms with Gasteiger partial charge in [-0.2, -0.15) is 0 Å². The number of likely N-dealkylation sites (tertiary alicyclic amines) is 1. The lowest BCUT2D eigenvalue weighted by atomic mass is 10.2. The number of nitrogens with one attached hydrogen (secondary N) is 1. The summed E-state index contributed by atoms with van der Waals surface area (Å²) >= 11 is 0. The van der Waals surface area contributed by atoms with E-state index in [1.807, 2.05) is 34.6 Å². The number of H-pyrrole nitrogens is 1. The minimum Gasteiger partial charge on any atom is -0.444 e. The van der Waals surface area contributed by atoms with Gasteiger partial charge < -0.3 is 9.72 Å². The van der Waals surface area contributed by atoms with Crippen LogP contribution in [0.1, 0.15) is 56.9 Å². The molecule has 5 nitrogen and oxygen atoms in total. The summed E-state index contributed by atoms with van der Waals surface area (Å²) < 4.78 is 5.46. The molecule has 2 rings (SSSR count). The van der Waals surface area contributed by atoms with Gasteiger partial charge in [0.25, 0.3) is 0 Å². The highest BCUT2D eigenvalue weighted by Gasteiger charge is 2.34. The lowest BCUT2D eigenvalue weighted by Gasteiger charge is -2.27. The molecular formula is C14H23N3O2. The van der Waals surface area contributed by atoms with Crippen molar-refractivity contribution in [3.05, 3.63) is 17.2 Å². The third-order valence-electron chi connectivity index (χ3n) is 3.34. The van der Waals surface area contributed by atoms with Gasteiger partial charge >= 0.3 is 6.09 Å². The Balaban J connectivity index is 2.15. The Morgan fingerprint density at radius 1 is 1.42 bits per heavy atom. The van der Waals surface area contributed by atoms with E-state index in [2.05, 4.69) is 9.97 Å². The van der Waals surface area contributed by atoms with Crippen LogP contribution in [0, 0.1) is 13.8 Å². The molecule has 0 aromatic carbocycles. The Hall–Kier alpha value is -1.52. The number of nitrogens with zero attached hydrogens (tertiary/aromatic N) is 2. The summed E-state index contributed by atoms with van der Waals surface area (Å²) in [5.41, 5.74) is 1.59. The third kappa shape index (κ3) is 3.08. The summed E-state index contributed by atoms with van der Waals surface area (Å²) in [4.78, 5) is 21.8. The molecule has 1 aromatic heterocycles. The smallest absolute Gasteiger partial charge is 0.410 e. The zero-order chi connectivity index (χ0) is 14.2. The second kappa shape index (κ2) is 4.87. The number of aromatic amines is 1. The first-order chi connectivity index (χ1) is 8.78. The van der Waals surface area contributed by atoms with Gasteiger partial charge in [0.05, 0.1) is 11.7 Å². The number of ether oxygens (including phenoxy) is 1. The second-order valence-electron chi connectivity index (χ2n) is 6.16. The van der Waals surface area contributed by atoms with E-state index < -0.39 is 5.60 Å². The number of carbonyl (C=O) groups is 1. The Labute approximate surface area is 114 Å². The number of rotatable bonds is 1. The van der Waals surface area contributed by atoms with Crippen LogP contribution >= 0.6 is 0 Å². The molecule has 0 aliphatic carbocycles. The second-order valence-corrected chi connectivity index (χ2v) is 6.16. The van der Waals surface area contributed by atoms with Gasteiger partial charge in [-0.15, -0.1) is 0 Å². The Bertz CT molecular complexity index is 454. The van der Waals surface area contributed by atoms with E-state index in [1.165, 1.54) is 0 Å². The van der Waals surface area contributed by atoms with Crippen LogP contribution < -0.4 is 0 Å². The van der Waals surface area contributed by atoms with Gasteiger partial charge in [-0.3, -0.25) is 4.90 Å². The molecule has 0 spiro atoms. The fourth-order valence-corrected chi connectivity index (χ4v) is 2.32. The molecule has 0 radical (unpaired) electrons. The van der Waals surface area contributed by atoms with Gasteiger partial charge in [0.2, 0.25) is 0 Å². The number of amides is 1. The average molecular weight is 265 g/mol. The van der Waals surface area contributed by atoms with E-state index in [-0.39, 0.29) is 12.1 Å². The van der Waals surface area contributed by atoms with Crippen LogP contribution in [-0.2, 0) is 4.74 Å². The zero-order valence-corrected chi connectivity index (χ0v) is 12.4. The summed E-state index contributed by atoms with van der Waals surface area (Å²) in [7, 11) is 0. The molecule has 2 heterocycles. The SMILES string of the molecule is Cc1nc(C2CCCN2C(=O)OC(C)(C)C)[nH]c1C. The fraction of sp³-hybridized carbons (Fsp3) is 0.714. The maximum atomic E-state index is 12.2. The standard InChI is InChI=1S/C14H23N3O2/c1-9-10(2)16-12(15-9)11-7-6-8-17(11)13(18)19-14(3,4)5/h11H,6-8H2,1-5H3,(H,15,16). The molecule has 106 valence electrons. The number of aryl methyl sites for hydroxylation is 2. The summed E-state index contributed by atoms with van der Waals surface area (Å²) in [6.45, 7) is 10.4. The molecule has 19 heavy (non-hydrogen) atoms. The van der Waals surface area contributed by atoms with Crippen LogP contribution in [0.5, 0.6) is 0 Å². The largest absolute Gasteiger partial charge is 0.444 e. The van der Waals surface area contributed by atoms with E-state index in [9.17, 15) is 4.79 Å². The maximum Gasteiger partial charge on any atom is 0.410 e. The molecule has 1 aliphatic heterocycles. The van der Waals surface area contributed by atoms with Crippen molar-refractivity contribution in [1.82, 2.24) is 14.9 Å². The topological polar surface area (TPSA) is 58.2 Å². The van der Waals surface area contributed by atoms with E-state index in [0.717, 1.165) is 36.6 Å². The van der Waals surface area contributed by atoms with Crippen molar-refractivity contribution in [2.75, 3.05) is 6.54 Å². The molecule has 1 atom stereocenters. The monoisotopic (exact) mass is 265 g/mol. The van der Waals surface area contributed by atoms with Gasteiger partial charge in [-0.1, -0.05) is 0 Å². The molecular weight excluding hydrogens is 242 g/mol. The van der Waals surface area contributed by atoms with Crippen molar-refractivity contribution >= 4 is 6.09 Å². The fourth-order valence-electron chi connectivity index (χ4n) is 2.32. The van der Waals surface area contributed by atoms with E-state index >= 15 is 0 Å². The minimum absolute atomic E-state index is 0.0160. The third-order valence-corrected chi connectivity index (χ3v) is 3.34. The predicted octanol–water partition coefficient (Wildman–Crippen LogP) is 3.10. The van der Waals surface area contributed by atoms with Gasteiger partial charge in [-0.05, 0) is 47.5 Å². The van der Waals surface area contributed by atoms with Crippen LogP contribution in [0.3, 0.4) is 0 Å². The van der Waals surface area contributed by atoms with Crippen molar-refractivity contribution in [2.45, 2.75) is 59.1 Å². The number of hydrogen-bond acceptors (Lipinski definition) is 3. The zero-order valence-electron chi connectivity index (χ0n) is 12.4. The molecule has 1 fully saturated rings. The lowest BCUT2D eigenvalue weighted by Crippen LogP contribution is -2.36. The lowest BCUT2D eigenvalue weighted by molar-refractivity contribution is 0.0218. The number of hydrogen-bond donors (Lipinski definition) is 1. The Morgan fingerprint density at radius 2 is 2.11 bits per heavy atom. The molecule has 1 aliphatic rings. The maximum absolute atomic E-state index is 12.2. The molecule has 0 saturated carbocycles. The summed E-state index contributed by atoms with van der Waals surface area (Å²) in [6.07, 6.45) is 1.68. The predicted molar refractivity (Wildman–Crippen MR) is 73.0 cm³/mol. The van der Waals surface area contributed by atoms with Crippen LogP contribution in [0.25, 0.3) is 0 Å². The van der Waals surface area contributed by atoms with E-state index in [0.29, 0.717) is 0 Å². The first kappa shape index (κ1) is 13.9. The highest BCUT2D eigenvalue weighted by atomic mass is 16.6. The molecule has 5 heteroatoms.